The number of alkyl halides is 1. The van der Waals surface area contributed by atoms with Gasteiger partial charge in [-0.3, -0.25) is 4.90 Å². The van der Waals surface area contributed by atoms with Crippen LogP contribution in [0.2, 0.25) is 0 Å². The van der Waals surface area contributed by atoms with Gasteiger partial charge in [-0.15, -0.1) is 0 Å². The molecule has 2 atom stereocenters. The largest absolute Gasteiger partial charge is 0.480 e. The first-order chi connectivity index (χ1) is 9.58. The number of carbonyl (C=O) groups is 2. The zero-order valence-corrected chi connectivity index (χ0v) is 10.9. The molecule has 0 bridgehead atoms. The Bertz CT molecular complexity index is 479. The Morgan fingerprint density at radius 3 is 2.70 bits per heavy atom. The standard InChI is InChI=1S/C14H16FNO4/c15-11-6-7-16(12(8-11)13(17)18)14(19)20-9-10-4-2-1-3-5-10/h1-5,11-12H,6-9H2,(H,17,18)/t11-,12-/m1/s1. The first-order valence-electron chi connectivity index (χ1n) is 6.42. The Labute approximate surface area is 116 Å². The van der Waals surface area contributed by atoms with Gasteiger partial charge in [0.2, 0.25) is 0 Å². The number of ether oxygens (including phenoxy) is 1. The normalized spacial score (nSPS) is 22.4. The highest BCUT2D eigenvalue weighted by Gasteiger charge is 2.37. The monoisotopic (exact) mass is 281 g/mol. The van der Waals surface area contributed by atoms with E-state index >= 15 is 0 Å². The second kappa shape index (κ2) is 6.36. The number of hydrogen-bond acceptors (Lipinski definition) is 3. The van der Waals surface area contributed by atoms with Crippen molar-refractivity contribution in [3.63, 3.8) is 0 Å². The van der Waals surface area contributed by atoms with Crippen LogP contribution in [0.15, 0.2) is 30.3 Å². The minimum absolute atomic E-state index is 0.0613. The first-order valence-corrected chi connectivity index (χ1v) is 6.42. The quantitative estimate of drug-likeness (QED) is 0.922. The van der Waals surface area contributed by atoms with Crippen LogP contribution >= 0.6 is 0 Å². The van der Waals surface area contributed by atoms with Gasteiger partial charge in [-0.05, 0) is 12.0 Å². The number of hydrogen-bond donors (Lipinski definition) is 1. The number of likely N-dealkylation sites (tertiary alicyclic amines) is 1. The van der Waals surface area contributed by atoms with Crippen molar-refractivity contribution < 1.29 is 23.8 Å². The highest BCUT2D eigenvalue weighted by Crippen LogP contribution is 2.21. The summed E-state index contributed by atoms with van der Waals surface area (Å²) in [6.07, 6.45) is -1.94. The van der Waals surface area contributed by atoms with E-state index in [1.54, 1.807) is 12.1 Å². The van der Waals surface area contributed by atoms with Gasteiger partial charge < -0.3 is 9.84 Å². The molecule has 1 heterocycles. The Hall–Kier alpha value is -2.11. The number of carboxylic acids is 1. The zero-order valence-electron chi connectivity index (χ0n) is 10.9. The van der Waals surface area contributed by atoms with Crippen LogP contribution in [0.5, 0.6) is 0 Å². The van der Waals surface area contributed by atoms with E-state index in [9.17, 15) is 14.0 Å². The fourth-order valence-corrected chi connectivity index (χ4v) is 2.18. The van der Waals surface area contributed by atoms with E-state index in [1.165, 1.54) is 0 Å². The van der Waals surface area contributed by atoms with Gasteiger partial charge in [0.15, 0.2) is 0 Å². The van der Waals surface area contributed by atoms with Gasteiger partial charge in [-0.25, -0.2) is 14.0 Å². The van der Waals surface area contributed by atoms with E-state index in [-0.39, 0.29) is 26.0 Å². The van der Waals surface area contributed by atoms with Crippen molar-refractivity contribution in [1.29, 1.82) is 0 Å². The van der Waals surface area contributed by atoms with Gasteiger partial charge in [-0.1, -0.05) is 30.3 Å². The van der Waals surface area contributed by atoms with Gasteiger partial charge >= 0.3 is 12.1 Å². The molecule has 0 saturated carbocycles. The molecule has 1 aromatic rings. The number of carbonyl (C=O) groups excluding carboxylic acids is 1. The Kier molecular flexibility index (Phi) is 4.55. The van der Waals surface area contributed by atoms with Gasteiger partial charge in [-0.2, -0.15) is 0 Å². The smallest absolute Gasteiger partial charge is 0.410 e. The maximum atomic E-state index is 13.2. The van der Waals surface area contributed by atoms with Crippen molar-refractivity contribution in [3.8, 4) is 0 Å². The SMILES string of the molecule is O=C(O)[C@H]1C[C@H](F)CCN1C(=O)OCc1ccccc1. The highest BCUT2D eigenvalue weighted by molar-refractivity contribution is 5.80. The number of nitrogens with zero attached hydrogens (tertiary/aromatic N) is 1. The molecule has 1 aliphatic rings. The van der Waals surface area contributed by atoms with Crippen molar-refractivity contribution in [2.75, 3.05) is 6.54 Å². The van der Waals surface area contributed by atoms with Crippen LogP contribution in [0.4, 0.5) is 9.18 Å². The van der Waals surface area contributed by atoms with E-state index in [2.05, 4.69) is 0 Å². The third-order valence-electron chi connectivity index (χ3n) is 3.26. The minimum atomic E-state index is -1.20. The molecular formula is C14H16FNO4. The first kappa shape index (κ1) is 14.3. The van der Waals surface area contributed by atoms with Crippen molar-refractivity contribution in [2.45, 2.75) is 31.7 Å². The van der Waals surface area contributed by atoms with Crippen LogP contribution in [0.1, 0.15) is 18.4 Å². The third-order valence-corrected chi connectivity index (χ3v) is 3.26. The van der Waals surface area contributed by atoms with Crippen molar-refractivity contribution >= 4 is 12.1 Å². The summed E-state index contributed by atoms with van der Waals surface area (Å²) in [7, 11) is 0. The molecule has 1 aliphatic heterocycles. The lowest BCUT2D eigenvalue weighted by atomic mass is 10.0. The molecule has 0 aliphatic carbocycles. The summed E-state index contributed by atoms with van der Waals surface area (Å²) in [4.78, 5) is 24.1. The summed E-state index contributed by atoms with van der Waals surface area (Å²) in [5.41, 5.74) is 0.813. The molecule has 1 saturated heterocycles. The zero-order chi connectivity index (χ0) is 14.5. The fourth-order valence-electron chi connectivity index (χ4n) is 2.18. The molecule has 1 amide bonds. The molecule has 0 radical (unpaired) electrons. The minimum Gasteiger partial charge on any atom is -0.480 e. The lowest BCUT2D eigenvalue weighted by molar-refractivity contribution is -0.144. The predicted octanol–water partition coefficient (Wildman–Crippen LogP) is 2.21. The molecule has 1 aromatic carbocycles. The molecular weight excluding hydrogens is 265 g/mol. The van der Waals surface area contributed by atoms with E-state index < -0.39 is 24.3 Å². The number of rotatable bonds is 3. The maximum absolute atomic E-state index is 13.2. The van der Waals surface area contributed by atoms with Crippen LogP contribution in [0.25, 0.3) is 0 Å². The van der Waals surface area contributed by atoms with Gasteiger partial charge in [0.1, 0.15) is 18.8 Å². The van der Waals surface area contributed by atoms with E-state index in [4.69, 9.17) is 9.84 Å². The van der Waals surface area contributed by atoms with Crippen molar-refractivity contribution in [2.24, 2.45) is 0 Å². The van der Waals surface area contributed by atoms with Crippen LogP contribution < -0.4 is 0 Å². The Morgan fingerprint density at radius 2 is 2.05 bits per heavy atom. The van der Waals surface area contributed by atoms with E-state index in [0.29, 0.717) is 0 Å². The lowest BCUT2D eigenvalue weighted by Gasteiger charge is -2.33. The summed E-state index contributed by atoms with van der Waals surface area (Å²) in [5.74, 6) is -1.20. The average molecular weight is 281 g/mol. The molecule has 1 fully saturated rings. The molecule has 20 heavy (non-hydrogen) atoms. The Morgan fingerprint density at radius 1 is 1.35 bits per heavy atom. The lowest BCUT2D eigenvalue weighted by Crippen LogP contribution is -2.50. The molecule has 2 rings (SSSR count). The highest BCUT2D eigenvalue weighted by atomic mass is 19.1. The predicted molar refractivity (Wildman–Crippen MR) is 68.9 cm³/mol. The van der Waals surface area contributed by atoms with Crippen LogP contribution in [-0.4, -0.2) is 40.8 Å². The molecule has 0 unspecified atom stereocenters. The van der Waals surface area contributed by atoms with Gasteiger partial charge in [0.05, 0.1) is 0 Å². The summed E-state index contributed by atoms with van der Waals surface area (Å²) < 4.78 is 18.3. The van der Waals surface area contributed by atoms with Crippen molar-refractivity contribution in [3.05, 3.63) is 35.9 Å². The van der Waals surface area contributed by atoms with Gasteiger partial charge in [0.25, 0.3) is 0 Å². The fraction of sp³-hybridized carbons (Fsp3) is 0.429. The molecule has 6 heteroatoms. The number of halogens is 1. The van der Waals surface area contributed by atoms with E-state index in [0.717, 1.165) is 10.5 Å². The summed E-state index contributed by atoms with van der Waals surface area (Å²) in [6.45, 7) is 0.132. The summed E-state index contributed by atoms with van der Waals surface area (Å²) >= 11 is 0. The van der Waals surface area contributed by atoms with E-state index in [1.807, 2.05) is 18.2 Å². The second-order valence-electron chi connectivity index (χ2n) is 4.71. The molecule has 0 aromatic heterocycles. The Balaban J connectivity index is 1.95. The molecule has 5 nitrogen and oxygen atoms in total. The number of aliphatic carboxylic acids is 1. The maximum Gasteiger partial charge on any atom is 0.410 e. The molecule has 108 valence electrons. The van der Waals surface area contributed by atoms with Crippen LogP contribution in [-0.2, 0) is 16.1 Å². The number of amides is 1. The number of benzene rings is 1. The van der Waals surface area contributed by atoms with Crippen LogP contribution in [0, 0.1) is 0 Å². The summed E-state index contributed by atoms with van der Waals surface area (Å²) in [6, 6.07) is 7.93. The topological polar surface area (TPSA) is 66.8 Å². The third kappa shape index (κ3) is 3.46. The molecule has 1 N–H and O–H groups in total. The number of piperidine rings is 1. The van der Waals surface area contributed by atoms with Crippen LogP contribution in [0.3, 0.4) is 0 Å². The van der Waals surface area contributed by atoms with Crippen molar-refractivity contribution in [1.82, 2.24) is 4.90 Å². The molecule has 0 spiro atoms. The summed E-state index contributed by atoms with van der Waals surface area (Å²) in [5, 5.41) is 9.04. The second-order valence-corrected chi connectivity index (χ2v) is 4.71. The number of carboxylic acid groups (broad SMARTS) is 1. The van der Waals surface area contributed by atoms with Gasteiger partial charge in [0, 0.05) is 13.0 Å². The average Bonchev–Trinajstić information content (AvgIpc) is 2.45.